The van der Waals surface area contributed by atoms with Gasteiger partial charge in [0.1, 0.15) is 5.82 Å². The van der Waals surface area contributed by atoms with Gasteiger partial charge in [-0.05, 0) is 44.2 Å². The van der Waals surface area contributed by atoms with E-state index in [1.807, 2.05) is 53.2 Å². The van der Waals surface area contributed by atoms with Crippen molar-refractivity contribution in [3.8, 4) is 0 Å². The van der Waals surface area contributed by atoms with Crippen LogP contribution in [0.5, 0.6) is 0 Å². The molecule has 0 radical (unpaired) electrons. The number of hydrogen-bond donors (Lipinski definition) is 1. The molecule has 2 aromatic heterocycles. The molecule has 7 nitrogen and oxygen atoms in total. The quantitative estimate of drug-likeness (QED) is 0.507. The monoisotopic (exact) mass is 447 g/mol. The third-order valence-corrected chi connectivity index (χ3v) is 7.12. The van der Waals surface area contributed by atoms with Crippen molar-refractivity contribution in [2.75, 3.05) is 26.7 Å². The van der Waals surface area contributed by atoms with E-state index in [-0.39, 0.29) is 23.9 Å². The van der Waals surface area contributed by atoms with E-state index in [1.54, 1.807) is 17.4 Å². The van der Waals surface area contributed by atoms with Gasteiger partial charge in [0.15, 0.2) is 0 Å². The fourth-order valence-electron chi connectivity index (χ4n) is 4.32. The number of para-hydroxylation sites is 2. The smallest absolute Gasteiger partial charge is 0.258 e. The van der Waals surface area contributed by atoms with Crippen LogP contribution < -0.4 is 5.56 Å². The highest BCUT2D eigenvalue weighted by molar-refractivity contribution is 7.18. The van der Waals surface area contributed by atoms with Gasteiger partial charge in [-0.3, -0.25) is 14.5 Å². The van der Waals surface area contributed by atoms with Gasteiger partial charge >= 0.3 is 0 Å². The summed E-state index contributed by atoms with van der Waals surface area (Å²) < 4.78 is 1.20. The Hall–Kier alpha value is -3.10. The molecular weight excluding hydrogens is 422 g/mol. The largest absolute Gasteiger partial charge is 0.341 e. The van der Waals surface area contributed by atoms with Crippen LogP contribution in [0.3, 0.4) is 0 Å². The Bertz CT molecular complexity index is 1300. The van der Waals surface area contributed by atoms with Gasteiger partial charge in [-0.2, -0.15) is 0 Å². The second-order valence-corrected chi connectivity index (χ2v) is 9.46. The fourth-order valence-corrected chi connectivity index (χ4v) is 5.42. The first-order valence-electron chi connectivity index (χ1n) is 10.9. The zero-order valence-corrected chi connectivity index (χ0v) is 18.8. The molecule has 4 aromatic rings. The molecule has 1 N–H and O–H groups in total. The van der Waals surface area contributed by atoms with Crippen LogP contribution >= 0.6 is 11.3 Å². The number of likely N-dealkylation sites (N-methyl/N-ethyl adjacent to an activating group) is 1. The third-order valence-electron chi connectivity index (χ3n) is 5.92. The van der Waals surface area contributed by atoms with Gasteiger partial charge in [0.05, 0.1) is 39.2 Å². The summed E-state index contributed by atoms with van der Waals surface area (Å²) in [7, 11) is 1.88. The van der Waals surface area contributed by atoms with Gasteiger partial charge in [-0.15, -0.1) is 11.3 Å². The lowest BCUT2D eigenvalue weighted by molar-refractivity contribution is -0.133. The molecule has 164 valence electrons. The summed E-state index contributed by atoms with van der Waals surface area (Å²) in [6.45, 7) is 2.17. The van der Waals surface area contributed by atoms with Crippen molar-refractivity contribution in [3.05, 3.63) is 69.7 Å². The number of fused-ring (bicyclic) bond motifs is 2. The summed E-state index contributed by atoms with van der Waals surface area (Å²) in [6.07, 6.45) is 2.04. The molecule has 1 saturated heterocycles. The molecule has 0 bridgehead atoms. The van der Waals surface area contributed by atoms with E-state index in [0.717, 1.165) is 29.9 Å². The number of rotatable bonds is 5. The average Bonchev–Trinajstić information content (AvgIpc) is 3.23. The van der Waals surface area contributed by atoms with E-state index < -0.39 is 0 Å². The maximum Gasteiger partial charge on any atom is 0.258 e. The van der Waals surface area contributed by atoms with Crippen LogP contribution in [0.15, 0.2) is 53.3 Å². The maximum atomic E-state index is 13.0. The highest BCUT2D eigenvalue weighted by Gasteiger charge is 2.27. The third kappa shape index (κ3) is 4.28. The van der Waals surface area contributed by atoms with Crippen molar-refractivity contribution in [3.63, 3.8) is 0 Å². The Labute approximate surface area is 189 Å². The number of benzene rings is 2. The van der Waals surface area contributed by atoms with E-state index in [4.69, 9.17) is 4.98 Å². The number of hydrogen-bond acceptors (Lipinski definition) is 6. The number of likely N-dealkylation sites (tertiary alicyclic amines) is 1. The van der Waals surface area contributed by atoms with Gasteiger partial charge in [0.25, 0.3) is 5.56 Å². The van der Waals surface area contributed by atoms with Crippen molar-refractivity contribution in [2.45, 2.75) is 25.3 Å². The van der Waals surface area contributed by atoms with Gasteiger partial charge in [-0.1, -0.05) is 24.3 Å². The Balaban J connectivity index is 1.23. The predicted molar refractivity (Wildman–Crippen MR) is 127 cm³/mol. The first-order chi connectivity index (χ1) is 15.6. The molecular formula is C24H25N5O2S. The Morgan fingerprint density at radius 3 is 2.78 bits per heavy atom. The molecule has 0 unspecified atom stereocenters. The maximum absolute atomic E-state index is 13.0. The molecule has 1 aliphatic heterocycles. The average molecular weight is 448 g/mol. The minimum Gasteiger partial charge on any atom is -0.341 e. The molecule has 8 heteroatoms. The van der Waals surface area contributed by atoms with Crippen LogP contribution in [0.4, 0.5) is 0 Å². The number of carbonyl (C=O) groups is 1. The van der Waals surface area contributed by atoms with Crippen LogP contribution in [-0.2, 0) is 11.3 Å². The van der Waals surface area contributed by atoms with Crippen LogP contribution in [0, 0.1) is 0 Å². The van der Waals surface area contributed by atoms with Crippen LogP contribution in [-0.4, -0.2) is 57.3 Å². The van der Waals surface area contributed by atoms with Gasteiger partial charge in [-0.25, -0.2) is 9.97 Å². The van der Waals surface area contributed by atoms with E-state index in [1.165, 1.54) is 4.70 Å². The summed E-state index contributed by atoms with van der Waals surface area (Å²) in [5.74, 6) is 0.949. The summed E-state index contributed by atoms with van der Waals surface area (Å²) >= 11 is 1.73. The Morgan fingerprint density at radius 2 is 1.94 bits per heavy atom. The molecule has 3 heterocycles. The highest BCUT2D eigenvalue weighted by Crippen LogP contribution is 2.33. The predicted octanol–water partition coefficient (Wildman–Crippen LogP) is 3.37. The molecule has 2 aromatic carbocycles. The number of amides is 1. The topological polar surface area (TPSA) is 82.2 Å². The molecule has 1 aliphatic rings. The van der Waals surface area contributed by atoms with Gasteiger partial charge in [0, 0.05) is 19.0 Å². The van der Waals surface area contributed by atoms with E-state index in [9.17, 15) is 9.59 Å². The highest BCUT2D eigenvalue weighted by atomic mass is 32.1. The molecule has 1 fully saturated rings. The summed E-state index contributed by atoms with van der Waals surface area (Å²) in [4.78, 5) is 41.3. The molecule has 0 spiro atoms. The lowest BCUT2D eigenvalue weighted by Gasteiger charge is -2.33. The van der Waals surface area contributed by atoms with Crippen molar-refractivity contribution < 1.29 is 4.79 Å². The molecule has 32 heavy (non-hydrogen) atoms. The SMILES string of the molecule is CN(CC(=O)N1CCC[C@H](c2nc3ccccc3s2)C1)Cc1nc2ccccc2c(=O)[nH]1. The second kappa shape index (κ2) is 8.80. The molecule has 1 amide bonds. The standard InChI is InChI=1S/C24H25N5O2S/c1-28(14-21-25-18-9-3-2-8-17(18)23(31)27-21)15-22(30)29-12-6-7-16(13-29)24-26-19-10-4-5-11-20(19)32-24/h2-5,8-11,16H,6-7,12-15H2,1H3,(H,25,27,31)/t16-/m0/s1. The number of thiazole rings is 1. The second-order valence-electron chi connectivity index (χ2n) is 8.40. The first kappa shape index (κ1) is 20.8. The number of piperidine rings is 1. The van der Waals surface area contributed by atoms with Crippen molar-refractivity contribution in [2.24, 2.45) is 0 Å². The minimum atomic E-state index is -0.153. The summed E-state index contributed by atoms with van der Waals surface area (Å²) in [5, 5.41) is 1.69. The Kier molecular flexibility index (Phi) is 5.71. The van der Waals surface area contributed by atoms with E-state index in [2.05, 4.69) is 16.0 Å². The van der Waals surface area contributed by atoms with Gasteiger partial charge in [0.2, 0.25) is 5.91 Å². The Morgan fingerprint density at radius 1 is 1.16 bits per heavy atom. The zero-order chi connectivity index (χ0) is 22.1. The van der Waals surface area contributed by atoms with Crippen LogP contribution in [0.2, 0.25) is 0 Å². The van der Waals surface area contributed by atoms with Crippen molar-refractivity contribution in [1.82, 2.24) is 24.8 Å². The van der Waals surface area contributed by atoms with Crippen LogP contribution in [0.1, 0.15) is 29.6 Å². The van der Waals surface area contributed by atoms with Crippen molar-refractivity contribution >= 4 is 38.4 Å². The number of aromatic nitrogens is 3. The fraction of sp³-hybridized carbons (Fsp3) is 0.333. The number of H-pyrrole nitrogens is 1. The lowest BCUT2D eigenvalue weighted by Crippen LogP contribution is -2.43. The van der Waals surface area contributed by atoms with Gasteiger partial charge < -0.3 is 9.88 Å². The molecule has 5 rings (SSSR count). The molecule has 1 atom stereocenters. The lowest BCUT2D eigenvalue weighted by atomic mass is 9.98. The van der Waals surface area contributed by atoms with E-state index in [0.29, 0.717) is 29.8 Å². The number of carbonyl (C=O) groups excluding carboxylic acids is 1. The number of aromatic amines is 1. The number of nitrogens with one attached hydrogen (secondary N) is 1. The number of nitrogens with zero attached hydrogens (tertiary/aromatic N) is 4. The van der Waals surface area contributed by atoms with Crippen LogP contribution in [0.25, 0.3) is 21.1 Å². The minimum absolute atomic E-state index is 0.0986. The summed E-state index contributed by atoms with van der Waals surface area (Å²) in [5.41, 5.74) is 1.55. The normalized spacial score (nSPS) is 16.8. The van der Waals surface area contributed by atoms with E-state index >= 15 is 0 Å². The van der Waals surface area contributed by atoms with Crippen molar-refractivity contribution in [1.29, 1.82) is 0 Å². The summed E-state index contributed by atoms with van der Waals surface area (Å²) in [6, 6.07) is 15.5. The molecule has 0 saturated carbocycles. The first-order valence-corrected chi connectivity index (χ1v) is 11.7. The zero-order valence-electron chi connectivity index (χ0n) is 18.0. The molecule has 0 aliphatic carbocycles.